The van der Waals surface area contributed by atoms with Crippen molar-refractivity contribution in [3.05, 3.63) is 104 Å². The molecule has 5 aromatic rings. The van der Waals surface area contributed by atoms with Gasteiger partial charge in [-0.25, -0.2) is 14.1 Å². The van der Waals surface area contributed by atoms with Gasteiger partial charge in [0.25, 0.3) is 11.1 Å². The molecule has 0 unspecified atom stereocenters. The molecule has 228 valence electrons. The molecule has 0 bridgehead atoms. The molecule has 0 fully saturated rings. The summed E-state index contributed by atoms with van der Waals surface area (Å²) in [5.41, 5.74) is 3.08. The van der Waals surface area contributed by atoms with Crippen LogP contribution < -0.4 is 21.8 Å². The summed E-state index contributed by atoms with van der Waals surface area (Å²) in [5, 5.41) is 15.9. The summed E-state index contributed by atoms with van der Waals surface area (Å²) in [7, 11) is 1.58. The fourth-order valence-corrected chi connectivity index (χ4v) is 5.32. The number of pyridine rings is 1. The number of nitrogens with zero attached hydrogens (tertiary/aromatic N) is 5. The minimum atomic E-state index is -0.579. The Morgan fingerprint density at radius 2 is 1.68 bits per heavy atom. The van der Waals surface area contributed by atoms with E-state index in [2.05, 4.69) is 46.6 Å². The van der Waals surface area contributed by atoms with E-state index in [1.807, 2.05) is 52.0 Å². The van der Waals surface area contributed by atoms with Crippen LogP contribution in [-0.2, 0) is 18.0 Å². The third-order valence-corrected chi connectivity index (χ3v) is 7.94. The van der Waals surface area contributed by atoms with Crippen molar-refractivity contribution >= 4 is 22.3 Å². The molecule has 44 heavy (non-hydrogen) atoms. The molecule has 0 aliphatic rings. The first kappa shape index (κ1) is 30.7. The maximum absolute atomic E-state index is 15.3. The molecule has 5 rings (SSSR count). The second kappa shape index (κ2) is 11.4. The van der Waals surface area contributed by atoms with Crippen LogP contribution in [0.3, 0.4) is 0 Å². The highest BCUT2D eigenvalue weighted by Crippen LogP contribution is 2.29. The Labute approximate surface area is 255 Å². The number of halogens is 1. The van der Waals surface area contributed by atoms with Crippen molar-refractivity contribution in [3.8, 4) is 16.9 Å². The van der Waals surface area contributed by atoms with Crippen LogP contribution in [0.1, 0.15) is 58.2 Å². The number of rotatable bonds is 7. The summed E-state index contributed by atoms with van der Waals surface area (Å²) in [6, 6.07) is 14.1. The quantitative estimate of drug-likeness (QED) is 0.242. The van der Waals surface area contributed by atoms with Crippen molar-refractivity contribution in [3.63, 3.8) is 0 Å². The molecule has 0 spiro atoms. The third kappa shape index (κ3) is 5.77. The van der Waals surface area contributed by atoms with Crippen LogP contribution >= 0.6 is 0 Å². The van der Waals surface area contributed by atoms with Gasteiger partial charge < -0.3 is 10.6 Å². The number of anilines is 2. The maximum Gasteiger partial charge on any atom is 0.290 e. The molecule has 2 N–H and O–H groups in total. The van der Waals surface area contributed by atoms with E-state index < -0.39 is 11.4 Å². The zero-order chi connectivity index (χ0) is 32.0. The van der Waals surface area contributed by atoms with Crippen LogP contribution in [0.4, 0.5) is 15.9 Å². The molecule has 0 aliphatic heterocycles. The molecule has 9 nitrogen and oxygen atoms in total. The Kier molecular flexibility index (Phi) is 7.98. The van der Waals surface area contributed by atoms with E-state index in [4.69, 9.17) is 0 Å². The van der Waals surface area contributed by atoms with Gasteiger partial charge >= 0.3 is 0 Å². The second-order valence-electron chi connectivity index (χ2n) is 12.6. The Balaban J connectivity index is 1.54. The van der Waals surface area contributed by atoms with Gasteiger partial charge in [0.2, 0.25) is 0 Å². The van der Waals surface area contributed by atoms with Gasteiger partial charge in [-0.15, -0.1) is 0 Å². The number of nitrogens with one attached hydrogen (secondary N) is 2. The standard InChI is InChI=1S/C34H38FN7O2/c1-9-37-34(6,7)22-13-14-29(36-19-22)39-27-17-26(40-41(8)31(27)43)24-11-10-12-28(20(24)2)42-32(44)30-21(18-38-42)15-23(16-25(30)35)33(3,4)5/h10-19,37H,9H2,1-8H3,(H,36,39). The van der Waals surface area contributed by atoms with Gasteiger partial charge in [0.05, 0.1) is 23.0 Å². The minimum absolute atomic E-state index is 0.0168. The molecule has 0 saturated heterocycles. The maximum atomic E-state index is 15.3. The van der Waals surface area contributed by atoms with Gasteiger partial charge in [-0.3, -0.25) is 9.59 Å². The van der Waals surface area contributed by atoms with Crippen molar-refractivity contribution in [2.24, 2.45) is 7.05 Å². The van der Waals surface area contributed by atoms with E-state index in [1.165, 1.54) is 21.6 Å². The predicted molar refractivity (Wildman–Crippen MR) is 173 cm³/mol. The van der Waals surface area contributed by atoms with Crippen LogP contribution in [0.2, 0.25) is 0 Å². The lowest BCUT2D eigenvalue weighted by atomic mass is 9.86. The number of fused-ring (bicyclic) bond motifs is 1. The number of hydrogen-bond donors (Lipinski definition) is 2. The highest BCUT2D eigenvalue weighted by molar-refractivity contribution is 5.83. The normalized spacial score (nSPS) is 12.1. The molecule has 0 radical (unpaired) electrons. The van der Waals surface area contributed by atoms with Crippen LogP contribution in [0, 0.1) is 12.7 Å². The van der Waals surface area contributed by atoms with Crippen molar-refractivity contribution < 1.29 is 4.39 Å². The molecule has 0 atom stereocenters. The number of hydrogen-bond acceptors (Lipinski definition) is 7. The molecule has 10 heteroatoms. The fourth-order valence-electron chi connectivity index (χ4n) is 5.32. The van der Waals surface area contributed by atoms with Crippen LogP contribution in [0.25, 0.3) is 27.7 Å². The highest BCUT2D eigenvalue weighted by atomic mass is 19.1. The van der Waals surface area contributed by atoms with Gasteiger partial charge in [0, 0.05) is 29.7 Å². The summed E-state index contributed by atoms with van der Waals surface area (Å²) in [4.78, 5) is 31.1. The zero-order valence-corrected chi connectivity index (χ0v) is 26.4. The highest BCUT2D eigenvalue weighted by Gasteiger charge is 2.21. The van der Waals surface area contributed by atoms with Crippen molar-refractivity contribution in [1.82, 2.24) is 29.9 Å². The number of aryl methyl sites for hydroxylation is 1. The Morgan fingerprint density at radius 1 is 0.932 bits per heavy atom. The molecule has 0 aliphatic carbocycles. The van der Waals surface area contributed by atoms with Gasteiger partial charge in [0.15, 0.2) is 0 Å². The van der Waals surface area contributed by atoms with Crippen molar-refractivity contribution in [2.45, 2.75) is 59.4 Å². The topological polar surface area (TPSA) is 107 Å². The Morgan fingerprint density at radius 3 is 2.34 bits per heavy atom. The van der Waals surface area contributed by atoms with E-state index in [-0.39, 0.29) is 21.9 Å². The molecule has 3 aromatic heterocycles. The van der Waals surface area contributed by atoms with Crippen molar-refractivity contribution in [2.75, 3.05) is 11.9 Å². The summed E-state index contributed by atoms with van der Waals surface area (Å²) in [6.07, 6.45) is 3.30. The summed E-state index contributed by atoms with van der Waals surface area (Å²) in [5.74, 6) is -0.0611. The molecule has 3 heterocycles. The van der Waals surface area contributed by atoms with Crippen LogP contribution in [0.15, 0.2) is 70.5 Å². The second-order valence-corrected chi connectivity index (χ2v) is 12.6. The lowest BCUT2D eigenvalue weighted by molar-refractivity contribution is 0.414. The summed E-state index contributed by atoms with van der Waals surface area (Å²) >= 11 is 0. The predicted octanol–water partition coefficient (Wildman–Crippen LogP) is 5.87. The summed E-state index contributed by atoms with van der Waals surface area (Å²) < 4.78 is 17.8. The average molecular weight is 596 g/mol. The van der Waals surface area contributed by atoms with Crippen molar-refractivity contribution in [1.29, 1.82) is 0 Å². The van der Waals surface area contributed by atoms with E-state index in [1.54, 1.807) is 31.4 Å². The average Bonchev–Trinajstić information content (AvgIpc) is 2.95. The largest absolute Gasteiger partial charge is 0.336 e. The van der Waals surface area contributed by atoms with Gasteiger partial charge in [0.1, 0.15) is 17.3 Å². The van der Waals surface area contributed by atoms with E-state index >= 15 is 4.39 Å². The monoisotopic (exact) mass is 595 g/mol. The van der Waals surface area contributed by atoms with Gasteiger partial charge in [-0.05, 0) is 79.8 Å². The first-order valence-corrected chi connectivity index (χ1v) is 14.6. The lowest BCUT2D eigenvalue weighted by Gasteiger charge is -2.26. The molecule has 0 amide bonds. The fraction of sp³-hybridized carbons (Fsp3) is 0.324. The molecular weight excluding hydrogens is 557 g/mol. The Hall–Kier alpha value is -4.70. The lowest BCUT2D eigenvalue weighted by Crippen LogP contribution is -2.36. The van der Waals surface area contributed by atoms with E-state index in [0.717, 1.165) is 17.7 Å². The van der Waals surface area contributed by atoms with Gasteiger partial charge in [-0.2, -0.15) is 14.9 Å². The Bertz CT molecular complexity index is 1990. The van der Waals surface area contributed by atoms with E-state index in [0.29, 0.717) is 39.4 Å². The van der Waals surface area contributed by atoms with E-state index in [9.17, 15) is 9.59 Å². The summed E-state index contributed by atoms with van der Waals surface area (Å²) in [6.45, 7) is 14.9. The number of aromatic nitrogens is 5. The molecule has 0 saturated carbocycles. The smallest absolute Gasteiger partial charge is 0.290 e. The molecular formula is C34H38FN7O2. The van der Waals surface area contributed by atoms with Gasteiger partial charge in [-0.1, -0.05) is 45.9 Å². The third-order valence-electron chi connectivity index (χ3n) is 7.94. The van der Waals surface area contributed by atoms with Crippen LogP contribution in [-0.4, -0.2) is 31.1 Å². The minimum Gasteiger partial charge on any atom is -0.336 e. The zero-order valence-electron chi connectivity index (χ0n) is 26.4. The first-order chi connectivity index (χ1) is 20.7. The SMILES string of the molecule is CCNC(C)(C)c1ccc(Nc2cc(-c3cccc(-n4ncc5cc(C(C)(C)C)cc(F)c5c4=O)c3C)nn(C)c2=O)nc1. The number of benzene rings is 2. The molecule has 2 aromatic carbocycles. The first-order valence-electron chi connectivity index (χ1n) is 14.6. The van der Waals surface area contributed by atoms with Crippen LogP contribution in [0.5, 0.6) is 0 Å².